The van der Waals surface area contributed by atoms with Gasteiger partial charge in [0.15, 0.2) is 0 Å². The van der Waals surface area contributed by atoms with Crippen LogP contribution in [0.15, 0.2) is 76.9 Å². The Morgan fingerprint density at radius 1 is 1.10 bits per heavy atom. The molecule has 152 valence electrons. The topological polar surface area (TPSA) is 62.3 Å². The van der Waals surface area contributed by atoms with Gasteiger partial charge >= 0.3 is 0 Å². The van der Waals surface area contributed by atoms with Gasteiger partial charge in [-0.25, -0.2) is 0 Å². The number of rotatable bonds is 3. The van der Waals surface area contributed by atoms with Crippen LogP contribution in [-0.2, 0) is 4.74 Å². The van der Waals surface area contributed by atoms with Crippen molar-refractivity contribution in [3.8, 4) is 6.07 Å². The Bertz CT molecular complexity index is 1120. The number of likely N-dealkylation sites (N-methyl/N-ethyl adjacent to an activating group) is 1. The van der Waals surface area contributed by atoms with E-state index in [1.165, 1.54) is 11.1 Å². The highest BCUT2D eigenvalue weighted by atomic mass is 16.5. The first-order valence-electron chi connectivity index (χ1n) is 10.4. The van der Waals surface area contributed by atoms with Crippen molar-refractivity contribution in [2.75, 3.05) is 19.6 Å². The highest BCUT2D eigenvalue weighted by molar-refractivity contribution is 5.65. The van der Waals surface area contributed by atoms with E-state index >= 15 is 0 Å². The monoisotopic (exact) mass is 397 g/mol. The molecule has 1 unspecified atom stereocenters. The quantitative estimate of drug-likeness (QED) is 0.809. The van der Waals surface area contributed by atoms with E-state index in [1.807, 2.05) is 18.2 Å². The molecule has 4 heteroatoms. The summed E-state index contributed by atoms with van der Waals surface area (Å²) < 4.78 is 6.12. The highest BCUT2D eigenvalue weighted by Gasteiger charge is 2.37. The summed E-state index contributed by atoms with van der Waals surface area (Å²) in [5.41, 5.74) is 13.6. The zero-order valence-electron chi connectivity index (χ0n) is 17.8. The van der Waals surface area contributed by atoms with Gasteiger partial charge in [0, 0.05) is 18.7 Å². The fourth-order valence-electron chi connectivity index (χ4n) is 4.37. The van der Waals surface area contributed by atoms with Gasteiger partial charge < -0.3 is 10.5 Å². The maximum atomic E-state index is 9.92. The molecule has 0 fully saturated rings. The lowest BCUT2D eigenvalue weighted by Gasteiger charge is -2.38. The van der Waals surface area contributed by atoms with Gasteiger partial charge in [0.1, 0.15) is 17.4 Å². The Morgan fingerprint density at radius 2 is 1.80 bits per heavy atom. The molecule has 0 aromatic heterocycles. The molecule has 0 amide bonds. The Morgan fingerprint density at radius 3 is 2.47 bits per heavy atom. The minimum absolute atomic E-state index is 0.186. The summed E-state index contributed by atoms with van der Waals surface area (Å²) in [6, 6.07) is 18.9. The van der Waals surface area contributed by atoms with Crippen molar-refractivity contribution in [1.29, 1.82) is 5.26 Å². The van der Waals surface area contributed by atoms with Crippen LogP contribution in [0, 0.1) is 25.2 Å². The zero-order valence-corrected chi connectivity index (χ0v) is 17.8. The molecule has 0 spiro atoms. The Balaban J connectivity index is 1.92. The molecule has 0 bridgehead atoms. The van der Waals surface area contributed by atoms with E-state index < -0.39 is 0 Å². The molecule has 4 rings (SSSR count). The molecule has 0 aliphatic carbocycles. The second-order valence-corrected chi connectivity index (χ2v) is 7.97. The van der Waals surface area contributed by atoms with Crippen LogP contribution in [0.4, 0.5) is 0 Å². The largest absolute Gasteiger partial charge is 0.440 e. The third kappa shape index (κ3) is 3.53. The fraction of sp³-hybridized carbons (Fsp3) is 0.269. The minimum Gasteiger partial charge on any atom is -0.440 e. The molecule has 2 aliphatic rings. The van der Waals surface area contributed by atoms with E-state index in [9.17, 15) is 5.26 Å². The number of allylic oxidation sites excluding steroid dienone is 1. The second-order valence-electron chi connectivity index (χ2n) is 7.97. The van der Waals surface area contributed by atoms with E-state index in [1.54, 1.807) is 0 Å². The molecule has 2 aromatic rings. The van der Waals surface area contributed by atoms with Crippen molar-refractivity contribution in [3.63, 3.8) is 0 Å². The SMILES string of the molecule is CCN1CC(=Cc2ccccc2C)C2=C(C1)C(c1ccccc1C)C(C#N)=C(N)O2. The molecule has 2 heterocycles. The molecule has 2 aromatic carbocycles. The number of hydrogen-bond acceptors (Lipinski definition) is 4. The molecule has 30 heavy (non-hydrogen) atoms. The van der Waals surface area contributed by atoms with Crippen molar-refractivity contribution < 1.29 is 4.74 Å². The van der Waals surface area contributed by atoms with Gasteiger partial charge in [0.2, 0.25) is 5.88 Å². The van der Waals surface area contributed by atoms with Crippen LogP contribution in [0.1, 0.15) is 35.1 Å². The molecule has 0 saturated carbocycles. The normalized spacial score (nSPS) is 20.7. The Hall–Kier alpha value is -3.29. The predicted octanol–water partition coefficient (Wildman–Crippen LogP) is 4.78. The Labute approximate surface area is 178 Å². The summed E-state index contributed by atoms with van der Waals surface area (Å²) in [6.45, 7) is 8.83. The highest BCUT2D eigenvalue weighted by Crippen LogP contribution is 2.44. The zero-order chi connectivity index (χ0) is 21.3. The molecule has 1 atom stereocenters. The maximum Gasteiger partial charge on any atom is 0.205 e. The molecule has 2 aliphatic heterocycles. The summed E-state index contributed by atoms with van der Waals surface area (Å²) in [5, 5.41) is 9.92. The summed E-state index contributed by atoms with van der Waals surface area (Å²) in [6.07, 6.45) is 2.20. The van der Waals surface area contributed by atoms with Gasteiger partial charge in [-0.05, 0) is 54.3 Å². The van der Waals surface area contributed by atoms with E-state index in [-0.39, 0.29) is 11.8 Å². The van der Waals surface area contributed by atoms with Gasteiger partial charge in [-0.3, -0.25) is 4.90 Å². The van der Waals surface area contributed by atoms with E-state index in [0.717, 1.165) is 47.7 Å². The van der Waals surface area contributed by atoms with E-state index in [4.69, 9.17) is 10.5 Å². The first-order valence-corrected chi connectivity index (χ1v) is 10.4. The molecular formula is C26H27N3O. The van der Waals surface area contributed by atoms with Crippen LogP contribution >= 0.6 is 0 Å². The van der Waals surface area contributed by atoms with Gasteiger partial charge in [0.05, 0.1) is 5.92 Å². The van der Waals surface area contributed by atoms with E-state index in [2.05, 4.69) is 68.1 Å². The summed E-state index contributed by atoms with van der Waals surface area (Å²) in [7, 11) is 0. The van der Waals surface area contributed by atoms with E-state index in [0.29, 0.717) is 5.57 Å². The van der Waals surface area contributed by atoms with Gasteiger partial charge in [-0.2, -0.15) is 5.26 Å². The van der Waals surface area contributed by atoms with Crippen molar-refractivity contribution in [2.24, 2.45) is 5.73 Å². The van der Waals surface area contributed by atoms with Crippen LogP contribution in [0.25, 0.3) is 6.08 Å². The second kappa shape index (κ2) is 8.22. The number of ether oxygens (including phenoxy) is 1. The molecular weight excluding hydrogens is 370 g/mol. The molecule has 2 N–H and O–H groups in total. The van der Waals surface area contributed by atoms with Crippen molar-refractivity contribution in [1.82, 2.24) is 4.90 Å². The lowest BCUT2D eigenvalue weighted by atomic mass is 9.78. The number of nitrogens with zero attached hydrogens (tertiary/aromatic N) is 2. The lowest BCUT2D eigenvalue weighted by Crippen LogP contribution is -2.38. The Kier molecular flexibility index (Phi) is 5.48. The minimum atomic E-state index is -0.186. The summed E-state index contributed by atoms with van der Waals surface area (Å²) >= 11 is 0. The van der Waals surface area contributed by atoms with Gasteiger partial charge in [-0.15, -0.1) is 0 Å². The van der Waals surface area contributed by atoms with Crippen LogP contribution in [0.5, 0.6) is 0 Å². The van der Waals surface area contributed by atoms with Gasteiger partial charge in [0.25, 0.3) is 0 Å². The van der Waals surface area contributed by atoms with Crippen LogP contribution in [0.2, 0.25) is 0 Å². The first kappa shape index (κ1) is 20.0. The van der Waals surface area contributed by atoms with Gasteiger partial charge in [-0.1, -0.05) is 55.5 Å². The third-order valence-corrected chi connectivity index (χ3v) is 6.07. The molecule has 0 radical (unpaired) electrons. The number of benzene rings is 2. The maximum absolute atomic E-state index is 9.92. The summed E-state index contributed by atoms with van der Waals surface area (Å²) in [4.78, 5) is 2.38. The molecule has 0 saturated heterocycles. The fourth-order valence-corrected chi connectivity index (χ4v) is 4.37. The summed E-state index contributed by atoms with van der Waals surface area (Å²) in [5.74, 6) is 0.854. The van der Waals surface area contributed by atoms with Crippen molar-refractivity contribution in [3.05, 3.63) is 99.1 Å². The predicted molar refractivity (Wildman–Crippen MR) is 120 cm³/mol. The average Bonchev–Trinajstić information content (AvgIpc) is 2.75. The van der Waals surface area contributed by atoms with Crippen LogP contribution < -0.4 is 5.73 Å². The average molecular weight is 398 g/mol. The number of hydrogen-bond donors (Lipinski definition) is 1. The third-order valence-electron chi connectivity index (χ3n) is 6.07. The lowest BCUT2D eigenvalue weighted by molar-refractivity contribution is 0.239. The smallest absolute Gasteiger partial charge is 0.205 e. The van der Waals surface area contributed by atoms with Crippen molar-refractivity contribution >= 4 is 6.08 Å². The number of nitriles is 1. The standard InChI is InChI=1S/C26H27N3O/c1-4-29-15-20(13-19-11-7-5-9-17(19)2)25-23(16-29)24(22(14-27)26(28)30-25)21-12-8-6-10-18(21)3/h5-13,24H,4,15-16,28H2,1-3H3. The molecule has 4 nitrogen and oxygen atoms in total. The van der Waals surface area contributed by atoms with Crippen LogP contribution in [-0.4, -0.2) is 24.5 Å². The number of nitrogens with two attached hydrogens (primary N) is 1. The first-order chi connectivity index (χ1) is 14.5. The van der Waals surface area contributed by atoms with Crippen molar-refractivity contribution in [2.45, 2.75) is 26.7 Å². The van der Waals surface area contributed by atoms with Crippen LogP contribution in [0.3, 0.4) is 0 Å². The number of aryl methyl sites for hydroxylation is 2.